The van der Waals surface area contributed by atoms with Gasteiger partial charge < -0.3 is 10.2 Å². The van der Waals surface area contributed by atoms with Crippen LogP contribution >= 0.6 is 31.9 Å². The molecule has 0 spiro atoms. The van der Waals surface area contributed by atoms with E-state index in [2.05, 4.69) is 66.1 Å². The van der Waals surface area contributed by atoms with Crippen LogP contribution in [-0.4, -0.2) is 22.6 Å². The van der Waals surface area contributed by atoms with Gasteiger partial charge in [0.2, 0.25) is 0 Å². The van der Waals surface area contributed by atoms with Crippen molar-refractivity contribution in [2.24, 2.45) is 9.98 Å². The van der Waals surface area contributed by atoms with E-state index in [-0.39, 0.29) is 11.5 Å². The first-order valence-electron chi connectivity index (χ1n) is 10.2. The van der Waals surface area contributed by atoms with E-state index in [0.29, 0.717) is 11.1 Å². The van der Waals surface area contributed by atoms with Crippen LogP contribution in [-0.2, 0) is 6.42 Å². The van der Waals surface area contributed by atoms with Crippen LogP contribution in [0.15, 0.2) is 104 Å². The zero-order chi connectivity index (χ0) is 23.2. The largest absolute Gasteiger partial charge is 0.507 e. The van der Waals surface area contributed by atoms with Gasteiger partial charge in [-0.3, -0.25) is 9.98 Å². The second-order valence-corrected chi connectivity index (χ2v) is 9.26. The van der Waals surface area contributed by atoms with Crippen molar-refractivity contribution in [1.29, 1.82) is 0 Å². The van der Waals surface area contributed by atoms with E-state index in [9.17, 15) is 10.2 Å². The molecule has 33 heavy (non-hydrogen) atoms. The number of hydrogen-bond donors (Lipinski definition) is 2. The molecule has 0 aromatic heterocycles. The topological polar surface area (TPSA) is 65.2 Å². The molecule has 0 atom stereocenters. The van der Waals surface area contributed by atoms with Gasteiger partial charge >= 0.3 is 0 Å². The molecule has 4 rings (SSSR count). The normalized spacial score (nSPS) is 11.5. The molecule has 0 bridgehead atoms. The smallest absolute Gasteiger partial charge is 0.124 e. The van der Waals surface area contributed by atoms with Crippen LogP contribution in [0.2, 0.25) is 0 Å². The highest BCUT2D eigenvalue weighted by Crippen LogP contribution is 2.23. The molecule has 0 amide bonds. The Balaban J connectivity index is 1.39. The summed E-state index contributed by atoms with van der Waals surface area (Å²) >= 11 is 6.80. The van der Waals surface area contributed by atoms with Crippen molar-refractivity contribution in [3.05, 3.63) is 116 Å². The summed E-state index contributed by atoms with van der Waals surface area (Å²) in [5, 5.41) is 19.8. The molecule has 0 aliphatic rings. The van der Waals surface area contributed by atoms with Gasteiger partial charge in [0.05, 0.1) is 11.4 Å². The molecule has 0 unspecified atom stereocenters. The van der Waals surface area contributed by atoms with E-state index in [1.807, 2.05) is 36.4 Å². The Kier molecular flexibility index (Phi) is 7.37. The van der Waals surface area contributed by atoms with Crippen LogP contribution in [0.5, 0.6) is 11.5 Å². The van der Waals surface area contributed by atoms with Crippen LogP contribution in [0.4, 0.5) is 11.4 Å². The van der Waals surface area contributed by atoms with Crippen LogP contribution in [0.25, 0.3) is 0 Å². The summed E-state index contributed by atoms with van der Waals surface area (Å²) in [5.74, 6) is 0.389. The minimum Gasteiger partial charge on any atom is -0.507 e. The summed E-state index contributed by atoms with van der Waals surface area (Å²) < 4.78 is 1.78. The van der Waals surface area contributed by atoms with Crippen LogP contribution in [0, 0.1) is 0 Å². The molecule has 6 heteroatoms. The number of nitrogens with zero attached hydrogens (tertiary/aromatic N) is 2. The van der Waals surface area contributed by atoms with Gasteiger partial charge in [-0.1, -0.05) is 56.1 Å². The third-order valence-corrected chi connectivity index (χ3v) is 5.95. The molecule has 4 nitrogen and oxygen atoms in total. The zero-order valence-corrected chi connectivity index (χ0v) is 20.7. The van der Waals surface area contributed by atoms with E-state index >= 15 is 0 Å². The van der Waals surface area contributed by atoms with E-state index in [4.69, 9.17) is 0 Å². The molecule has 0 heterocycles. The maximum Gasteiger partial charge on any atom is 0.124 e. The Bertz CT molecular complexity index is 1210. The fourth-order valence-corrected chi connectivity index (χ4v) is 3.94. The fraction of sp³-hybridized carbons (Fsp3) is 0.0370. The van der Waals surface area contributed by atoms with E-state index in [1.54, 1.807) is 36.7 Å². The molecule has 2 N–H and O–H groups in total. The maximum atomic E-state index is 9.92. The number of phenols is 2. The number of aliphatic imine (C=N–C) groups is 2. The number of aromatic hydroxyl groups is 2. The maximum absolute atomic E-state index is 9.92. The first-order valence-corrected chi connectivity index (χ1v) is 11.8. The lowest BCUT2D eigenvalue weighted by molar-refractivity contribution is 0.474. The SMILES string of the molecule is Oc1ccc(Br)cc1C=Nc1ccc(Cc2ccc(N=Cc3cc(Br)ccc3O)cc2)cc1. The highest BCUT2D eigenvalue weighted by Gasteiger charge is 2.01. The minimum atomic E-state index is 0.194. The van der Waals surface area contributed by atoms with Crippen molar-refractivity contribution in [2.75, 3.05) is 0 Å². The molecule has 0 saturated heterocycles. The quantitative estimate of drug-likeness (QED) is 0.236. The van der Waals surface area contributed by atoms with Gasteiger partial charge in [-0.2, -0.15) is 0 Å². The molecule has 0 radical (unpaired) electrons. The van der Waals surface area contributed by atoms with Gasteiger partial charge in [-0.25, -0.2) is 0 Å². The van der Waals surface area contributed by atoms with Gasteiger partial charge in [0.15, 0.2) is 0 Å². The number of rotatable bonds is 6. The average Bonchev–Trinajstić information content (AvgIpc) is 2.82. The summed E-state index contributed by atoms with van der Waals surface area (Å²) in [6, 6.07) is 26.5. The second-order valence-electron chi connectivity index (χ2n) is 7.43. The first kappa shape index (κ1) is 23.0. The highest BCUT2D eigenvalue weighted by atomic mass is 79.9. The van der Waals surface area contributed by atoms with Crippen molar-refractivity contribution in [1.82, 2.24) is 0 Å². The summed E-state index contributed by atoms with van der Waals surface area (Å²) in [5.41, 5.74) is 5.30. The standard InChI is InChI=1S/C27H20Br2N2O2/c28-22-5-11-26(32)20(14-22)16-30-24-7-1-18(2-8-24)13-19-3-9-25(10-4-19)31-17-21-15-23(29)6-12-27(21)33/h1-12,14-17,32-33H,13H2. The van der Waals surface area contributed by atoms with E-state index in [0.717, 1.165) is 26.7 Å². The molecule has 0 saturated carbocycles. The summed E-state index contributed by atoms with van der Waals surface area (Å²) in [6.45, 7) is 0. The zero-order valence-electron chi connectivity index (χ0n) is 17.5. The first-order chi connectivity index (χ1) is 16.0. The predicted molar refractivity (Wildman–Crippen MR) is 142 cm³/mol. The number of phenolic OH excluding ortho intramolecular Hbond substituents is 2. The average molecular weight is 564 g/mol. The lowest BCUT2D eigenvalue weighted by Gasteiger charge is -2.04. The molecular formula is C27H20Br2N2O2. The molecule has 164 valence electrons. The van der Waals surface area contributed by atoms with Gasteiger partial charge in [0.25, 0.3) is 0 Å². The van der Waals surface area contributed by atoms with Gasteiger partial charge in [-0.15, -0.1) is 0 Å². The predicted octanol–water partition coefficient (Wildman–Crippen LogP) is 7.71. The third-order valence-electron chi connectivity index (χ3n) is 4.97. The van der Waals surface area contributed by atoms with Gasteiger partial charge in [0.1, 0.15) is 11.5 Å². The molecule has 0 aliphatic carbocycles. The second kappa shape index (κ2) is 10.6. The van der Waals surface area contributed by atoms with E-state index < -0.39 is 0 Å². The fourth-order valence-electron chi connectivity index (χ4n) is 3.18. The Morgan fingerprint density at radius 2 is 0.970 bits per heavy atom. The molecule has 0 aliphatic heterocycles. The van der Waals surface area contributed by atoms with Crippen LogP contribution < -0.4 is 0 Å². The van der Waals surface area contributed by atoms with Crippen molar-refractivity contribution < 1.29 is 10.2 Å². The summed E-state index contributed by atoms with van der Waals surface area (Å²) in [7, 11) is 0. The van der Waals surface area contributed by atoms with Gasteiger partial charge in [-0.05, 0) is 78.2 Å². The van der Waals surface area contributed by atoms with Gasteiger partial charge in [0, 0.05) is 32.5 Å². The Morgan fingerprint density at radius 3 is 1.36 bits per heavy atom. The molecule has 4 aromatic carbocycles. The summed E-state index contributed by atoms with van der Waals surface area (Å²) in [6.07, 6.45) is 4.11. The van der Waals surface area contributed by atoms with Crippen LogP contribution in [0.1, 0.15) is 22.3 Å². The van der Waals surface area contributed by atoms with Crippen LogP contribution in [0.3, 0.4) is 0 Å². The minimum absolute atomic E-state index is 0.194. The lowest BCUT2D eigenvalue weighted by atomic mass is 10.0. The van der Waals surface area contributed by atoms with E-state index in [1.165, 1.54) is 11.1 Å². The van der Waals surface area contributed by atoms with Crippen molar-refractivity contribution in [2.45, 2.75) is 6.42 Å². The number of benzene rings is 4. The number of halogens is 2. The Labute approximate surface area is 209 Å². The molecule has 4 aromatic rings. The van der Waals surface area contributed by atoms with Crippen molar-refractivity contribution >= 4 is 55.7 Å². The molecular weight excluding hydrogens is 544 g/mol. The lowest BCUT2D eigenvalue weighted by Crippen LogP contribution is -1.87. The third kappa shape index (κ3) is 6.40. The highest BCUT2D eigenvalue weighted by molar-refractivity contribution is 9.10. The monoisotopic (exact) mass is 562 g/mol. The van der Waals surface area contributed by atoms with Crippen molar-refractivity contribution in [3.63, 3.8) is 0 Å². The number of hydrogen-bond acceptors (Lipinski definition) is 4. The van der Waals surface area contributed by atoms with Crippen molar-refractivity contribution in [3.8, 4) is 11.5 Å². The Hall–Kier alpha value is -3.22. The molecule has 0 fully saturated rings. The summed E-state index contributed by atoms with van der Waals surface area (Å²) in [4.78, 5) is 8.91. The Morgan fingerprint density at radius 1 is 0.576 bits per heavy atom.